The molecule has 0 saturated heterocycles. The Kier molecular flexibility index (Phi) is 14.8. The standard InChI is InChI=1S/C28H45F2N3S/c1-10-12-13-14-15-17-23(28(8,29)30)20-24(16-11-2)33-26(34)32-22(4)21(3)18-19-25(31-9)27(5,6)7/h11,16,18,20H,2,4,10,12-15,17,19H2,1,3,5-9H3,(H2,32,33,34)/b21-18+,23-20+,24-16+,31-25?. The van der Waals surface area contributed by atoms with Crippen molar-refractivity contribution in [1.29, 1.82) is 0 Å². The summed E-state index contributed by atoms with van der Waals surface area (Å²) in [6, 6.07) is 0. The predicted molar refractivity (Wildman–Crippen MR) is 150 cm³/mol. The van der Waals surface area contributed by atoms with E-state index in [1.54, 1.807) is 19.2 Å². The van der Waals surface area contributed by atoms with Crippen LogP contribution >= 0.6 is 12.2 Å². The molecular formula is C28H45F2N3S. The van der Waals surface area contributed by atoms with E-state index in [9.17, 15) is 8.78 Å². The van der Waals surface area contributed by atoms with Crippen molar-refractivity contribution in [2.45, 2.75) is 92.4 Å². The fraction of sp³-hybridized carbons (Fsp3) is 0.571. The summed E-state index contributed by atoms with van der Waals surface area (Å²) in [7, 11) is 1.80. The van der Waals surface area contributed by atoms with Gasteiger partial charge in [-0.25, -0.2) is 8.78 Å². The van der Waals surface area contributed by atoms with Crippen LogP contribution in [0.5, 0.6) is 0 Å². The van der Waals surface area contributed by atoms with Gasteiger partial charge in [-0.3, -0.25) is 4.99 Å². The van der Waals surface area contributed by atoms with Crippen molar-refractivity contribution in [2.75, 3.05) is 7.05 Å². The van der Waals surface area contributed by atoms with E-state index in [2.05, 4.69) is 62.6 Å². The maximum Gasteiger partial charge on any atom is 0.266 e. The molecule has 0 aromatic rings. The van der Waals surface area contributed by atoms with Crippen LogP contribution in [0.15, 0.2) is 65.0 Å². The molecular weight excluding hydrogens is 448 g/mol. The Morgan fingerprint density at radius 3 is 2.18 bits per heavy atom. The van der Waals surface area contributed by atoms with Gasteiger partial charge in [-0.1, -0.05) is 78.7 Å². The molecule has 0 spiro atoms. The maximum absolute atomic E-state index is 14.3. The Bertz CT molecular complexity index is 806. The number of unbranched alkanes of at least 4 members (excludes halogenated alkanes) is 4. The highest BCUT2D eigenvalue weighted by molar-refractivity contribution is 7.80. The minimum atomic E-state index is -2.91. The van der Waals surface area contributed by atoms with Gasteiger partial charge < -0.3 is 10.6 Å². The van der Waals surface area contributed by atoms with Crippen LogP contribution in [0, 0.1) is 5.41 Å². The number of allylic oxidation sites excluding steroid dienone is 6. The SMILES string of the molecule is C=C/C=C(\C=C(/CCCCCCC)C(C)(F)F)NC(=S)NC(=C)/C(C)=C/CC(=NC)C(C)(C)C. The van der Waals surface area contributed by atoms with E-state index in [4.69, 9.17) is 12.2 Å². The second-order valence-corrected chi connectivity index (χ2v) is 10.1. The zero-order valence-corrected chi connectivity index (χ0v) is 23.1. The van der Waals surface area contributed by atoms with Crippen molar-refractivity contribution in [1.82, 2.24) is 10.6 Å². The molecule has 0 heterocycles. The van der Waals surface area contributed by atoms with Gasteiger partial charge in [0.25, 0.3) is 5.92 Å². The Balaban J connectivity index is 5.27. The Labute approximate surface area is 212 Å². The summed E-state index contributed by atoms with van der Waals surface area (Å²) in [5.41, 5.74) is 3.19. The molecule has 192 valence electrons. The molecule has 0 aromatic heterocycles. The third-order valence-electron chi connectivity index (χ3n) is 5.48. The number of halogens is 2. The van der Waals surface area contributed by atoms with Crippen LogP contribution < -0.4 is 10.6 Å². The van der Waals surface area contributed by atoms with Gasteiger partial charge in [0.2, 0.25) is 0 Å². The molecule has 0 bridgehead atoms. The van der Waals surface area contributed by atoms with Crippen molar-refractivity contribution < 1.29 is 8.78 Å². The minimum Gasteiger partial charge on any atom is -0.333 e. The lowest BCUT2D eigenvalue weighted by atomic mass is 9.87. The first-order chi connectivity index (χ1) is 15.8. The number of hydrogen-bond donors (Lipinski definition) is 2. The zero-order chi connectivity index (χ0) is 26.4. The van der Waals surface area contributed by atoms with Gasteiger partial charge in [0.05, 0.1) is 0 Å². The molecule has 0 amide bonds. The highest BCUT2D eigenvalue weighted by Crippen LogP contribution is 2.29. The summed E-state index contributed by atoms with van der Waals surface area (Å²) >= 11 is 5.41. The van der Waals surface area contributed by atoms with E-state index < -0.39 is 5.92 Å². The maximum atomic E-state index is 14.3. The van der Waals surface area contributed by atoms with E-state index in [1.807, 2.05) is 6.92 Å². The second-order valence-electron chi connectivity index (χ2n) is 9.65. The number of aliphatic imine (C=N–C) groups is 1. The molecule has 0 radical (unpaired) electrons. The lowest BCUT2D eigenvalue weighted by Crippen LogP contribution is -2.34. The molecule has 0 aromatic carbocycles. The molecule has 0 saturated carbocycles. The fourth-order valence-electron chi connectivity index (χ4n) is 3.28. The number of nitrogens with one attached hydrogen (secondary N) is 2. The first-order valence-electron chi connectivity index (χ1n) is 12.1. The number of alkyl halides is 2. The summed E-state index contributed by atoms with van der Waals surface area (Å²) in [5, 5.41) is 6.34. The van der Waals surface area contributed by atoms with E-state index >= 15 is 0 Å². The molecule has 2 N–H and O–H groups in total. The topological polar surface area (TPSA) is 36.4 Å². The summed E-state index contributed by atoms with van der Waals surface area (Å²) in [4.78, 5) is 4.39. The van der Waals surface area contributed by atoms with Crippen molar-refractivity contribution in [3.63, 3.8) is 0 Å². The average Bonchev–Trinajstić information content (AvgIpc) is 2.71. The third kappa shape index (κ3) is 13.6. The zero-order valence-electron chi connectivity index (χ0n) is 22.3. The molecule has 0 aliphatic carbocycles. The smallest absolute Gasteiger partial charge is 0.266 e. The molecule has 0 aliphatic heterocycles. The van der Waals surface area contributed by atoms with Gasteiger partial charge in [-0.15, -0.1) is 0 Å². The number of rotatable bonds is 14. The summed E-state index contributed by atoms with van der Waals surface area (Å²) < 4.78 is 28.5. The fourth-order valence-corrected chi connectivity index (χ4v) is 3.52. The number of thiocarbonyl (C=S) groups is 1. The van der Waals surface area contributed by atoms with E-state index in [0.29, 0.717) is 24.2 Å². The normalized spacial score (nSPS) is 14.1. The number of hydrogen-bond acceptors (Lipinski definition) is 2. The van der Waals surface area contributed by atoms with Crippen LogP contribution in [0.3, 0.4) is 0 Å². The van der Waals surface area contributed by atoms with Gasteiger partial charge in [0.15, 0.2) is 5.11 Å². The van der Waals surface area contributed by atoms with Crippen molar-refractivity contribution in [3.8, 4) is 0 Å². The number of nitrogens with zero attached hydrogens (tertiary/aromatic N) is 1. The van der Waals surface area contributed by atoms with Crippen molar-refractivity contribution in [3.05, 3.63) is 60.0 Å². The second kappa shape index (κ2) is 15.8. The molecule has 0 fully saturated rings. The quantitative estimate of drug-likeness (QED) is 0.110. The lowest BCUT2D eigenvalue weighted by molar-refractivity contribution is 0.0591. The van der Waals surface area contributed by atoms with Crippen LogP contribution in [0.2, 0.25) is 0 Å². The Morgan fingerprint density at radius 2 is 1.68 bits per heavy atom. The van der Waals surface area contributed by atoms with Gasteiger partial charge in [0.1, 0.15) is 0 Å². The largest absolute Gasteiger partial charge is 0.333 e. The van der Waals surface area contributed by atoms with Crippen molar-refractivity contribution >= 4 is 23.0 Å². The molecule has 6 heteroatoms. The van der Waals surface area contributed by atoms with Crippen LogP contribution in [-0.2, 0) is 0 Å². The molecule has 0 atom stereocenters. The van der Waals surface area contributed by atoms with E-state index in [1.165, 1.54) is 6.08 Å². The molecule has 0 unspecified atom stereocenters. The molecule has 3 nitrogen and oxygen atoms in total. The lowest BCUT2D eigenvalue weighted by Gasteiger charge is -2.21. The van der Waals surface area contributed by atoms with Crippen LogP contribution in [0.25, 0.3) is 0 Å². The van der Waals surface area contributed by atoms with E-state index in [-0.39, 0.29) is 16.1 Å². The van der Waals surface area contributed by atoms with Gasteiger partial charge in [0, 0.05) is 48.5 Å². The van der Waals surface area contributed by atoms with Gasteiger partial charge in [-0.2, -0.15) is 0 Å². The van der Waals surface area contributed by atoms with Gasteiger partial charge in [-0.05, 0) is 49.7 Å². The third-order valence-corrected chi connectivity index (χ3v) is 5.68. The molecule has 0 rings (SSSR count). The van der Waals surface area contributed by atoms with Crippen LogP contribution in [0.1, 0.15) is 86.5 Å². The average molecular weight is 494 g/mol. The molecule has 34 heavy (non-hydrogen) atoms. The first-order valence-corrected chi connectivity index (χ1v) is 12.5. The highest BCUT2D eigenvalue weighted by atomic mass is 32.1. The van der Waals surface area contributed by atoms with Crippen LogP contribution in [0.4, 0.5) is 8.78 Å². The Morgan fingerprint density at radius 1 is 1.06 bits per heavy atom. The minimum absolute atomic E-state index is 0.0110. The summed E-state index contributed by atoms with van der Waals surface area (Å²) in [6.45, 7) is 19.2. The van der Waals surface area contributed by atoms with Crippen LogP contribution in [-0.4, -0.2) is 23.8 Å². The Hall–Kier alpha value is -2.08. The monoisotopic (exact) mass is 493 g/mol. The highest BCUT2D eigenvalue weighted by Gasteiger charge is 2.27. The van der Waals surface area contributed by atoms with Gasteiger partial charge >= 0.3 is 0 Å². The summed E-state index contributed by atoms with van der Waals surface area (Å²) in [5.74, 6) is -2.91. The van der Waals surface area contributed by atoms with E-state index in [0.717, 1.165) is 50.3 Å². The first kappa shape index (κ1) is 31.9. The predicted octanol–water partition coefficient (Wildman–Crippen LogP) is 8.43. The van der Waals surface area contributed by atoms with Crippen molar-refractivity contribution in [2.24, 2.45) is 10.4 Å². The summed E-state index contributed by atoms with van der Waals surface area (Å²) in [6.07, 6.45) is 12.8. The molecule has 0 aliphatic rings.